The number of aliphatic hydroxyl groups is 1. The smallest absolute Gasteiger partial charge is 0.328 e. The average Bonchev–Trinajstić information content (AvgIpc) is 2.22. The van der Waals surface area contributed by atoms with Crippen molar-refractivity contribution < 1.29 is 19.8 Å². The van der Waals surface area contributed by atoms with Crippen molar-refractivity contribution in [3.8, 4) is 0 Å². The Kier molecular flexibility index (Phi) is 7.30. The van der Waals surface area contributed by atoms with Crippen molar-refractivity contribution in [2.75, 3.05) is 20.6 Å². The minimum absolute atomic E-state index is 0.0733. The van der Waals surface area contributed by atoms with Crippen LogP contribution < -0.4 is 10.6 Å². The average molecular weight is 261 g/mol. The fourth-order valence-electron chi connectivity index (χ4n) is 1.32. The second-order valence-corrected chi connectivity index (χ2v) is 4.67. The number of hydrogen-bond donors (Lipinski definition) is 4. The molecule has 0 aromatic rings. The van der Waals surface area contributed by atoms with Crippen LogP contribution >= 0.6 is 0 Å². The van der Waals surface area contributed by atoms with Gasteiger partial charge in [-0.3, -0.25) is 0 Å². The predicted octanol–water partition coefficient (Wildman–Crippen LogP) is -0.540. The molecule has 0 heterocycles. The fraction of sp³-hybridized carbons (Fsp3) is 0.818. The largest absolute Gasteiger partial charge is 0.480 e. The molecule has 0 saturated carbocycles. The third kappa shape index (κ3) is 7.08. The van der Waals surface area contributed by atoms with E-state index in [1.54, 1.807) is 0 Å². The van der Waals surface area contributed by atoms with E-state index in [1.807, 2.05) is 25.9 Å². The van der Waals surface area contributed by atoms with E-state index in [9.17, 15) is 14.7 Å². The normalized spacial score (nSPS) is 15.9. The molecular formula is C11H23N3O4. The van der Waals surface area contributed by atoms with Crippen molar-refractivity contribution in [3.63, 3.8) is 0 Å². The van der Waals surface area contributed by atoms with Crippen LogP contribution in [0.15, 0.2) is 0 Å². The molecule has 0 saturated heterocycles. The van der Waals surface area contributed by atoms with Gasteiger partial charge in [-0.1, -0.05) is 0 Å². The number of nitrogens with zero attached hydrogens (tertiary/aromatic N) is 1. The first kappa shape index (κ1) is 16.7. The number of carbonyl (C=O) groups is 2. The molecule has 106 valence electrons. The summed E-state index contributed by atoms with van der Waals surface area (Å²) in [7, 11) is 3.86. The molecule has 7 nitrogen and oxygen atoms in total. The van der Waals surface area contributed by atoms with Crippen LogP contribution in [0.1, 0.15) is 20.3 Å². The highest BCUT2D eigenvalue weighted by Crippen LogP contribution is 1.95. The van der Waals surface area contributed by atoms with E-state index in [0.717, 1.165) is 13.0 Å². The lowest BCUT2D eigenvalue weighted by atomic mass is 10.2. The molecule has 0 bridgehead atoms. The van der Waals surface area contributed by atoms with E-state index in [2.05, 4.69) is 10.6 Å². The van der Waals surface area contributed by atoms with Crippen LogP contribution in [0.5, 0.6) is 0 Å². The summed E-state index contributed by atoms with van der Waals surface area (Å²) < 4.78 is 0. The van der Waals surface area contributed by atoms with Crippen molar-refractivity contribution in [1.82, 2.24) is 15.5 Å². The predicted molar refractivity (Wildman–Crippen MR) is 67.4 cm³/mol. The standard InChI is InChI=1S/C11H23N3O4/c1-7(5-6-14(3)4)12-11(18)13-9(8(2)15)10(16)17/h7-9,15H,5-6H2,1-4H3,(H,16,17)(H2,12,13,18)/t7?,8-,9+/m1/s1. The maximum absolute atomic E-state index is 11.5. The number of aliphatic hydroxyl groups excluding tert-OH is 1. The first-order chi connectivity index (χ1) is 8.23. The summed E-state index contributed by atoms with van der Waals surface area (Å²) in [4.78, 5) is 24.3. The Balaban J connectivity index is 4.12. The van der Waals surface area contributed by atoms with E-state index >= 15 is 0 Å². The van der Waals surface area contributed by atoms with Crippen LogP contribution in [0.4, 0.5) is 4.79 Å². The molecule has 0 fully saturated rings. The van der Waals surface area contributed by atoms with Gasteiger partial charge < -0.3 is 25.7 Å². The molecule has 0 aromatic carbocycles. The monoisotopic (exact) mass is 261 g/mol. The minimum atomic E-state index is -1.30. The number of amides is 2. The first-order valence-corrected chi connectivity index (χ1v) is 5.86. The second-order valence-electron chi connectivity index (χ2n) is 4.67. The Morgan fingerprint density at radius 3 is 2.17 bits per heavy atom. The van der Waals surface area contributed by atoms with E-state index in [4.69, 9.17) is 5.11 Å². The van der Waals surface area contributed by atoms with Crippen molar-refractivity contribution >= 4 is 12.0 Å². The maximum atomic E-state index is 11.5. The van der Waals surface area contributed by atoms with Crippen molar-refractivity contribution in [1.29, 1.82) is 0 Å². The number of rotatable bonds is 7. The first-order valence-electron chi connectivity index (χ1n) is 5.86. The lowest BCUT2D eigenvalue weighted by Crippen LogP contribution is -2.52. The Bertz CT molecular complexity index is 281. The highest BCUT2D eigenvalue weighted by molar-refractivity contribution is 5.83. The highest BCUT2D eigenvalue weighted by atomic mass is 16.4. The molecule has 18 heavy (non-hydrogen) atoms. The molecular weight excluding hydrogens is 238 g/mol. The molecule has 2 amide bonds. The molecule has 0 aliphatic carbocycles. The van der Waals surface area contributed by atoms with Crippen molar-refractivity contribution in [2.24, 2.45) is 0 Å². The van der Waals surface area contributed by atoms with Crippen molar-refractivity contribution in [3.05, 3.63) is 0 Å². The van der Waals surface area contributed by atoms with Gasteiger partial charge in [0.15, 0.2) is 6.04 Å². The van der Waals surface area contributed by atoms with Gasteiger partial charge in [-0.15, -0.1) is 0 Å². The third-order valence-electron chi connectivity index (χ3n) is 2.42. The molecule has 0 aliphatic rings. The van der Waals surface area contributed by atoms with Crippen LogP contribution in [0.3, 0.4) is 0 Å². The fourth-order valence-corrected chi connectivity index (χ4v) is 1.32. The SMILES string of the molecule is CC(CCN(C)C)NC(=O)N[C@H](C(=O)O)[C@@H](C)O. The Labute approximate surface area is 107 Å². The van der Waals surface area contributed by atoms with Crippen molar-refractivity contribution in [2.45, 2.75) is 38.5 Å². The topological polar surface area (TPSA) is 102 Å². The summed E-state index contributed by atoms with van der Waals surface area (Å²) in [5.41, 5.74) is 0. The van der Waals surface area contributed by atoms with Gasteiger partial charge in [0.1, 0.15) is 0 Å². The zero-order chi connectivity index (χ0) is 14.3. The lowest BCUT2D eigenvalue weighted by Gasteiger charge is -2.20. The van der Waals surface area contributed by atoms with Gasteiger partial charge in [0.2, 0.25) is 0 Å². The third-order valence-corrected chi connectivity index (χ3v) is 2.42. The molecule has 1 unspecified atom stereocenters. The Morgan fingerprint density at radius 2 is 1.78 bits per heavy atom. The quantitative estimate of drug-likeness (QED) is 0.493. The summed E-state index contributed by atoms with van der Waals surface area (Å²) in [6, 6.07) is -1.96. The van der Waals surface area contributed by atoms with Gasteiger partial charge in [-0.2, -0.15) is 0 Å². The summed E-state index contributed by atoms with van der Waals surface area (Å²) in [6.07, 6.45) is -0.391. The number of carbonyl (C=O) groups excluding carboxylic acids is 1. The minimum Gasteiger partial charge on any atom is -0.480 e. The second kappa shape index (κ2) is 7.88. The molecule has 0 aromatic heterocycles. The van der Waals surface area contributed by atoms with Crippen LogP contribution in [-0.4, -0.2) is 65.9 Å². The Hall–Kier alpha value is -1.34. The van der Waals surface area contributed by atoms with E-state index in [1.165, 1.54) is 6.92 Å². The number of aliphatic carboxylic acids is 1. The lowest BCUT2D eigenvalue weighted by molar-refractivity contribution is -0.141. The van der Waals surface area contributed by atoms with Gasteiger partial charge in [0.25, 0.3) is 0 Å². The summed E-state index contributed by atoms with van der Waals surface area (Å²) in [5, 5.41) is 22.9. The maximum Gasteiger partial charge on any atom is 0.328 e. The van der Waals surface area contributed by atoms with Crippen LogP contribution in [0, 0.1) is 0 Å². The van der Waals surface area contributed by atoms with Crippen LogP contribution in [-0.2, 0) is 4.79 Å². The molecule has 4 N–H and O–H groups in total. The van der Waals surface area contributed by atoms with Gasteiger partial charge in [-0.25, -0.2) is 9.59 Å². The summed E-state index contributed by atoms with van der Waals surface area (Å²) >= 11 is 0. The van der Waals surface area contributed by atoms with E-state index < -0.39 is 24.1 Å². The number of nitrogens with one attached hydrogen (secondary N) is 2. The van der Waals surface area contributed by atoms with Gasteiger partial charge >= 0.3 is 12.0 Å². The summed E-state index contributed by atoms with van der Waals surface area (Å²) in [5.74, 6) is -1.26. The number of urea groups is 1. The Morgan fingerprint density at radius 1 is 1.22 bits per heavy atom. The molecule has 0 spiro atoms. The molecule has 0 aliphatic heterocycles. The molecule has 7 heteroatoms. The van der Waals surface area contributed by atoms with Gasteiger partial charge in [0, 0.05) is 6.04 Å². The molecule has 3 atom stereocenters. The van der Waals surface area contributed by atoms with E-state index in [0.29, 0.717) is 0 Å². The highest BCUT2D eigenvalue weighted by Gasteiger charge is 2.25. The van der Waals surface area contributed by atoms with E-state index in [-0.39, 0.29) is 6.04 Å². The zero-order valence-electron chi connectivity index (χ0n) is 11.3. The zero-order valence-corrected chi connectivity index (χ0v) is 11.3. The number of hydrogen-bond acceptors (Lipinski definition) is 4. The van der Waals surface area contributed by atoms with Crippen LogP contribution in [0.25, 0.3) is 0 Å². The molecule has 0 rings (SSSR count). The molecule has 0 radical (unpaired) electrons. The number of carboxylic acids is 1. The summed E-state index contributed by atoms with van der Waals surface area (Å²) in [6.45, 7) is 3.97. The van der Waals surface area contributed by atoms with Crippen LogP contribution in [0.2, 0.25) is 0 Å². The van der Waals surface area contributed by atoms with Gasteiger partial charge in [0.05, 0.1) is 6.10 Å². The number of carboxylic acid groups (broad SMARTS) is 1. The van der Waals surface area contributed by atoms with Gasteiger partial charge in [-0.05, 0) is 40.9 Å².